The molecule has 0 radical (unpaired) electrons. The normalized spacial score (nSPS) is 11.6. The first-order valence-electron chi connectivity index (χ1n) is 10.6. The van der Waals surface area contributed by atoms with Crippen LogP contribution in [0.5, 0.6) is 0 Å². The molecule has 0 aliphatic heterocycles. The second-order valence-corrected chi connectivity index (χ2v) is 8.03. The number of alkyl halides is 3. The Morgan fingerprint density at radius 2 is 1.31 bits per heavy atom. The van der Waals surface area contributed by atoms with Crippen molar-refractivity contribution in [1.82, 2.24) is 0 Å². The quantitative estimate of drug-likeness (QED) is 0.319. The molecule has 1 nitrogen and oxygen atoms in total. The number of aryl methyl sites for hydroxylation is 1. The highest BCUT2D eigenvalue weighted by Crippen LogP contribution is 2.23. The van der Waals surface area contributed by atoms with Crippen molar-refractivity contribution in [1.29, 1.82) is 0 Å². The molecule has 2 rings (SSSR count). The molecule has 0 spiro atoms. The van der Waals surface area contributed by atoms with Crippen LogP contribution < -0.4 is 5.32 Å². The standard InChI is InChI=1S/C24H31ClF3N/c25-22-10-8-11-23(19-22)29-18-16-21-14-12-20(13-15-21)9-6-4-2-1-3-5-7-17-24(26,27)28/h8,10-15,19,29H,1-7,9,16-18H2. The molecule has 0 aliphatic carbocycles. The largest absolute Gasteiger partial charge is 0.389 e. The van der Waals surface area contributed by atoms with Gasteiger partial charge in [-0.3, -0.25) is 0 Å². The lowest BCUT2D eigenvalue weighted by molar-refractivity contribution is -0.135. The second-order valence-electron chi connectivity index (χ2n) is 7.59. The predicted molar refractivity (Wildman–Crippen MR) is 117 cm³/mol. The van der Waals surface area contributed by atoms with Crippen molar-refractivity contribution >= 4 is 17.3 Å². The molecular weight excluding hydrogens is 395 g/mol. The summed E-state index contributed by atoms with van der Waals surface area (Å²) in [5.74, 6) is 0. The van der Waals surface area contributed by atoms with Gasteiger partial charge in [0.25, 0.3) is 0 Å². The molecule has 160 valence electrons. The molecule has 0 saturated heterocycles. The van der Waals surface area contributed by atoms with Gasteiger partial charge in [0.2, 0.25) is 0 Å². The molecule has 0 saturated carbocycles. The zero-order valence-corrected chi connectivity index (χ0v) is 17.7. The average Bonchev–Trinajstić information content (AvgIpc) is 2.67. The van der Waals surface area contributed by atoms with Crippen molar-refractivity contribution < 1.29 is 13.2 Å². The van der Waals surface area contributed by atoms with Gasteiger partial charge in [0.05, 0.1) is 0 Å². The Hall–Kier alpha value is -1.68. The third-order valence-corrected chi connectivity index (χ3v) is 5.25. The summed E-state index contributed by atoms with van der Waals surface area (Å²) in [5.41, 5.74) is 3.69. The number of rotatable bonds is 13. The molecule has 0 unspecified atom stereocenters. The number of anilines is 1. The lowest BCUT2D eigenvalue weighted by Gasteiger charge is -2.08. The summed E-state index contributed by atoms with van der Waals surface area (Å²) in [4.78, 5) is 0. The van der Waals surface area contributed by atoms with Gasteiger partial charge in [0, 0.05) is 23.7 Å². The van der Waals surface area contributed by atoms with E-state index in [9.17, 15) is 13.2 Å². The third kappa shape index (κ3) is 11.2. The number of hydrogen-bond donors (Lipinski definition) is 1. The summed E-state index contributed by atoms with van der Waals surface area (Å²) >= 11 is 5.99. The fraction of sp³-hybridized carbons (Fsp3) is 0.500. The maximum absolute atomic E-state index is 12.1. The van der Waals surface area contributed by atoms with Crippen LogP contribution in [0.3, 0.4) is 0 Å². The number of nitrogens with one attached hydrogen (secondary N) is 1. The van der Waals surface area contributed by atoms with Crippen molar-refractivity contribution in [3.63, 3.8) is 0 Å². The van der Waals surface area contributed by atoms with E-state index in [-0.39, 0.29) is 6.42 Å². The van der Waals surface area contributed by atoms with Crippen LogP contribution in [0.4, 0.5) is 18.9 Å². The lowest BCUT2D eigenvalue weighted by atomic mass is 10.0. The van der Waals surface area contributed by atoms with Crippen LogP contribution in [0, 0.1) is 0 Å². The van der Waals surface area contributed by atoms with Crippen molar-refractivity contribution in [3.8, 4) is 0 Å². The summed E-state index contributed by atoms with van der Waals surface area (Å²) in [5, 5.41) is 4.12. The minimum atomic E-state index is -4.00. The Morgan fingerprint density at radius 3 is 1.93 bits per heavy atom. The molecule has 1 N–H and O–H groups in total. The minimum absolute atomic E-state index is 0.268. The van der Waals surface area contributed by atoms with E-state index in [1.807, 2.05) is 24.3 Å². The monoisotopic (exact) mass is 425 g/mol. The van der Waals surface area contributed by atoms with Gasteiger partial charge in [0.15, 0.2) is 0 Å². The van der Waals surface area contributed by atoms with Crippen LogP contribution in [-0.2, 0) is 12.8 Å². The lowest BCUT2D eigenvalue weighted by Crippen LogP contribution is -2.06. The van der Waals surface area contributed by atoms with Gasteiger partial charge in [-0.05, 0) is 55.0 Å². The Kier molecular flexibility index (Phi) is 10.4. The summed E-state index contributed by atoms with van der Waals surface area (Å²) in [6.45, 7) is 0.864. The van der Waals surface area contributed by atoms with E-state index in [2.05, 4.69) is 29.6 Å². The van der Waals surface area contributed by atoms with E-state index in [1.54, 1.807) is 0 Å². The first kappa shape index (κ1) is 23.6. The highest BCUT2D eigenvalue weighted by Gasteiger charge is 2.25. The Labute approximate surface area is 177 Å². The molecule has 0 heterocycles. The van der Waals surface area contributed by atoms with Gasteiger partial charge in [-0.2, -0.15) is 13.2 Å². The molecule has 0 atom stereocenters. The van der Waals surface area contributed by atoms with E-state index in [0.717, 1.165) is 62.2 Å². The number of halogens is 4. The zero-order chi connectivity index (χ0) is 21.0. The predicted octanol–water partition coefficient (Wildman–Crippen LogP) is 8.22. The van der Waals surface area contributed by atoms with Crippen LogP contribution in [0.2, 0.25) is 5.02 Å². The number of unbranched alkanes of at least 4 members (excludes halogenated alkanes) is 6. The molecule has 0 aliphatic rings. The fourth-order valence-electron chi connectivity index (χ4n) is 3.36. The van der Waals surface area contributed by atoms with Crippen LogP contribution in [0.15, 0.2) is 48.5 Å². The van der Waals surface area contributed by atoms with E-state index in [0.29, 0.717) is 6.42 Å². The minimum Gasteiger partial charge on any atom is -0.385 e. The van der Waals surface area contributed by atoms with Crippen molar-refractivity contribution in [3.05, 3.63) is 64.7 Å². The number of benzene rings is 2. The fourth-order valence-corrected chi connectivity index (χ4v) is 3.55. The summed E-state index contributed by atoms with van der Waals surface area (Å²) < 4.78 is 36.2. The summed E-state index contributed by atoms with van der Waals surface area (Å²) in [6.07, 6.45) is 3.68. The third-order valence-electron chi connectivity index (χ3n) is 5.02. The second kappa shape index (κ2) is 12.8. The highest BCUT2D eigenvalue weighted by atomic mass is 35.5. The Morgan fingerprint density at radius 1 is 0.724 bits per heavy atom. The average molecular weight is 426 g/mol. The maximum atomic E-state index is 12.1. The van der Waals surface area contributed by atoms with E-state index in [1.165, 1.54) is 11.1 Å². The van der Waals surface area contributed by atoms with E-state index in [4.69, 9.17) is 11.6 Å². The molecule has 0 bridgehead atoms. The summed E-state index contributed by atoms with van der Waals surface area (Å²) in [6, 6.07) is 16.5. The zero-order valence-electron chi connectivity index (χ0n) is 16.9. The van der Waals surface area contributed by atoms with Crippen LogP contribution in [-0.4, -0.2) is 12.7 Å². The SMILES string of the molecule is FC(F)(F)CCCCCCCCCc1ccc(CCNc2cccc(Cl)c2)cc1. The van der Waals surface area contributed by atoms with Crippen molar-refractivity contribution in [2.75, 3.05) is 11.9 Å². The molecule has 2 aromatic carbocycles. The van der Waals surface area contributed by atoms with Crippen LogP contribution in [0.1, 0.15) is 62.5 Å². The van der Waals surface area contributed by atoms with Gasteiger partial charge in [-0.25, -0.2) is 0 Å². The first-order valence-corrected chi connectivity index (χ1v) is 10.9. The molecule has 5 heteroatoms. The molecule has 0 aromatic heterocycles. The Balaban J connectivity index is 1.51. The van der Waals surface area contributed by atoms with Crippen LogP contribution >= 0.6 is 11.6 Å². The van der Waals surface area contributed by atoms with E-state index >= 15 is 0 Å². The molecule has 0 fully saturated rings. The smallest absolute Gasteiger partial charge is 0.385 e. The van der Waals surface area contributed by atoms with Gasteiger partial charge >= 0.3 is 6.18 Å². The topological polar surface area (TPSA) is 12.0 Å². The number of hydrogen-bond acceptors (Lipinski definition) is 1. The highest BCUT2D eigenvalue weighted by molar-refractivity contribution is 6.30. The first-order chi connectivity index (χ1) is 13.9. The molecular formula is C24H31ClF3N. The molecule has 0 amide bonds. The molecule has 2 aromatic rings. The van der Waals surface area contributed by atoms with Crippen molar-refractivity contribution in [2.45, 2.75) is 70.4 Å². The van der Waals surface area contributed by atoms with Gasteiger partial charge < -0.3 is 5.32 Å². The van der Waals surface area contributed by atoms with Gasteiger partial charge in [-0.1, -0.05) is 74.0 Å². The van der Waals surface area contributed by atoms with Gasteiger partial charge in [-0.15, -0.1) is 0 Å². The maximum Gasteiger partial charge on any atom is 0.389 e. The Bertz CT molecular complexity index is 698. The van der Waals surface area contributed by atoms with E-state index < -0.39 is 12.6 Å². The molecule has 29 heavy (non-hydrogen) atoms. The van der Waals surface area contributed by atoms with Gasteiger partial charge in [0.1, 0.15) is 0 Å². The summed E-state index contributed by atoms with van der Waals surface area (Å²) in [7, 11) is 0. The van der Waals surface area contributed by atoms with Crippen LogP contribution in [0.25, 0.3) is 0 Å². The van der Waals surface area contributed by atoms with Crippen molar-refractivity contribution in [2.24, 2.45) is 0 Å².